The Labute approximate surface area is 145 Å². The zero-order valence-electron chi connectivity index (χ0n) is 13.9. The van der Waals surface area contributed by atoms with Crippen molar-refractivity contribution in [1.29, 1.82) is 0 Å². The van der Waals surface area contributed by atoms with Gasteiger partial charge in [-0.15, -0.1) is 0 Å². The molecule has 25 heavy (non-hydrogen) atoms. The first kappa shape index (κ1) is 18.6. The van der Waals surface area contributed by atoms with Gasteiger partial charge in [0.1, 0.15) is 0 Å². The molecular weight excluding hydrogens is 344 g/mol. The van der Waals surface area contributed by atoms with Gasteiger partial charge in [0.25, 0.3) is 0 Å². The van der Waals surface area contributed by atoms with E-state index in [4.69, 9.17) is 0 Å². The summed E-state index contributed by atoms with van der Waals surface area (Å²) in [5, 5.41) is 13.3. The molecule has 0 saturated heterocycles. The molecule has 2 aromatic rings. The van der Waals surface area contributed by atoms with E-state index in [1.165, 1.54) is 12.1 Å². The SMILES string of the molecule is Cc1cc(NC(=O)Cc2ccccc2)cc(C)c1S(=O)(=O)C[N+](=O)[O-]. The highest BCUT2D eigenvalue weighted by molar-refractivity contribution is 7.91. The van der Waals surface area contributed by atoms with Crippen LogP contribution in [0.25, 0.3) is 0 Å². The van der Waals surface area contributed by atoms with E-state index in [1.54, 1.807) is 13.8 Å². The number of hydrogen-bond donors (Lipinski definition) is 1. The zero-order chi connectivity index (χ0) is 18.6. The predicted molar refractivity (Wildman–Crippen MR) is 93.7 cm³/mol. The molecule has 1 amide bonds. The van der Waals surface area contributed by atoms with E-state index >= 15 is 0 Å². The third-order valence-corrected chi connectivity index (χ3v) is 5.35. The molecule has 0 bridgehead atoms. The van der Waals surface area contributed by atoms with Crippen LogP contribution in [0.2, 0.25) is 0 Å². The van der Waals surface area contributed by atoms with E-state index in [1.807, 2.05) is 30.3 Å². The van der Waals surface area contributed by atoms with Gasteiger partial charge in [0, 0.05) is 10.6 Å². The molecule has 0 fully saturated rings. The Bertz CT molecular complexity index is 885. The first-order chi connectivity index (χ1) is 11.7. The van der Waals surface area contributed by atoms with Gasteiger partial charge >= 0.3 is 5.88 Å². The highest BCUT2D eigenvalue weighted by Crippen LogP contribution is 2.25. The number of anilines is 1. The maximum Gasteiger partial charge on any atom is 0.305 e. The van der Waals surface area contributed by atoms with Crippen LogP contribution in [0.4, 0.5) is 5.69 Å². The number of nitro groups is 1. The lowest BCUT2D eigenvalue weighted by Gasteiger charge is -2.12. The van der Waals surface area contributed by atoms with Crippen LogP contribution in [-0.4, -0.2) is 25.1 Å². The number of nitrogens with one attached hydrogen (secondary N) is 1. The molecule has 0 saturated carbocycles. The summed E-state index contributed by atoms with van der Waals surface area (Å²) in [7, 11) is -4.03. The second kappa shape index (κ2) is 7.43. The quantitative estimate of drug-likeness (QED) is 0.628. The molecule has 0 radical (unpaired) electrons. The first-order valence-corrected chi connectivity index (χ1v) is 9.14. The minimum atomic E-state index is -4.03. The standard InChI is InChI=1S/C17H18N2O5S/c1-12-8-15(18-16(20)10-14-6-4-3-5-7-14)9-13(2)17(12)25(23,24)11-19(21)22/h3-9H,10-11H2,1-2H3,(H,18,20). The maximum atomic E-state index is 12.1. The average Bonchev–Trinajstić information content (AvgIpc) is 2.45. The van der Waals surface area contributed by atoms with E-state index in [0.29, 0.717) is 16.8 Å². The van der Waals surface area contributed by atoms with Crippen LogP contribution in [0.1, 0.15) is 16.7 Å². The number of nitrogens with zero attached hydrogens (tertiary/aromatic N) is 1. The van der Waals surface area contributed by atoms with Crippen molar-refractivity contribution in [1.82, 2.24) is 0 Å². The lowest BCUT2D eigenvalue weighted by Crippen LogP contribution is -2.18. The number of aryl methyl sites for hydroxylation is 2. The van der Waals surface area contributed by atoms with E-state index in [0.717, 1.165) is 5.56 Å². The summed E-state index contributed by atoms with van der Waals surface area (Å²) in [6, 6.07) is 12.2. The lowest BCUT2D eigenvalue weighted by atomic mass is 10.1. The van der Waals surface area contributed by atoms with E-state index in [2.05, 4.69) is 5.32 Å². The van der Waals surface area contributed by atoms with Gasteiger partial charge in [0.2, 0.25) is 15.7 Å². The topological polar surface area (TPSA) is 106 Å². The van der Waals surface area contributed by atoms with Crippen LogP contribution in [-0.2, 0) is 21.1 Å². The van der Waals surface area contributed by atoms with Crippen molar-refractivity contribution in [3.8, 4) is 0 Å². The van der Waals surface area contributed by atoms with Crippen LogP contribution < -0.4 is 5.32 Å². The largest absolute Gasteiger partial charge is 0.326 e. The molecule has 0 aliphatic heterocycles. The molecule has 7 nitrogen and oxygen atoms in total. The fourth-order valence-electron chi connectivity index (χ4n) is 2.70. The van der Waals surface area contributed by atoms with Crippen LogP contribution in [0, 0.1) is 24.0 Å². The van der Waals surface area contributed by atoms with Crippen molar-refractivity contribution in [2.75, 3.05) is 11.2 Å². The third-order valence-electron chi connectivity index (χ3n) is 3.54. The highest BCUT2D eigenvalue weighted by atomic mass is 32.2. The molecular formula is C17H18N2O5S. The molecule has 0 aromatic heterocycles. The summed E-state index contributed by atoms with van der Waals surface area (Å²) in [6.07, 6.45) is 0.195. The van der Waals surface area contributed by atoms with Crippen molar-refractivity contribution in [3.05, 3.63) is 69.3 Å². The second-order valence-corrected chi connectivity index (χ2v) is 7.62. The van der Waals surface area contributed by atoms with Gasteiger partial charge in [-0.1, -0.05) is 30.3 Å². The molecule has 0 aliphatic rings. The minimum absolute atomic E-state index is 0.0646. The third kappa shape index (κ3) is 4.87. The molecule has 0 unspecified atom stereocenters. The average molecular weight is 362 g/mol. The predicted octanol–water partition coefficient (Wildman–Crippen LogP) is 2.49. The maximum absolute atomic E-state index is 12.1. The number of hydrogen-bond acceptors (Lipinski definition) is 5. The van der Waals surface area contributed by atoms with Gasteiger partial charge in [0.05, 0.1) is 11.3 Å². The van der Waals surface area contributed by atoms with Gasteiger partial charge in [0.15, 0.2) is 0 Å². The first-order valence-electron chi connectivity index (χ1n) is 7.48. The molecule has 0 aliphatic carbocycles. The van der Waals surface area contributed by atoms with E-state index < -0.39 is 20.6 Å². The number of sulfone groups is 1. The van der Waals surface area contributed by atoms with Gasteiger partial charge in [-0.2, -0.15) is 0 Å². The number of carbonyl (C=O) groups excluding carboxylic acids is 1. The summed E-state index contributed by atoms with van der Waals surface area (Å²) in [5.41, 5.74) is 2.03. The van der Waals surface area contributed by atoms with Crippen molar-refractivity contribution in [3.63, 3.8) is 0 Å². The monoisotopic (exact) mass is 362 g/mol. The van der Waals surface area contributed by atoms with Crippen LogP contribution in [0.3, 0.4) is 0 Å². The molecule has 2 aromatic carbocycles. The molecule has 1 N–H and O–H groups in total. The summed E-state index contributed by atoms with van der Waals surface area (Å²) in [6.45, 7) is 3.10. The minimum Gasteiger partial charge on any atom is -0.326 e. The fraction of sp³-hybridized carbons (Fsp3) is 0.235. The van der Waals surface area contributed by atoms with Crippen LogP contribution in [0.5, 0.6) is 0 Å². The lowest BCUT2D eigenvalue weighted by molar-refractivity contribution is -0.458. The van der Waals surface area contributed by atoms with E-state index in [-0.39, 0.29) is 17.2 Å². The van der Waals surface area contributed by atoms with Crippen LogP contribution in [0.15, 0.2) is 47.4 Å². The highest BCUT2D eigenvalue weighted by Gasteiger charge is 2.25. The fourth-order valence-corrected chi connectivity index (χ4v) is 4.21. The van der Waals surface area contributed by atoms with Crippen molar-refractivity contribution < 1.29 is 18.1 Å². The summed E-state index contributed by atoms with van der Waals surface area (Å²) in [4.78, 5) is 21.7. The van der Waals surface area contributed by atoms with Gasteiger partial charge < -0.3 is 5.32 Å². The molecule has 0 atom stereocenters. The summed E-state index contributed by atoms with van der Waals surface area (Å²) < 4.78 is 24.3. The van der Waals surface area contributed by atoms with Gasteiger partial charge in [-0.05, 0) is 42.7 Å². The Hall–Kier alpha value is -2.74. The molecule has 132 valence electrons. The molecule has 8 heteroatoms. The number of amides is 1. The second-order valence-electron chi connectivity index (χ2n) is 5.73. The summed E-state index contributed by atoms with van der Waals surface area (Å²) >= 11 is 0. The van der Waals surface area contributed by atoms with E-state index in [9.17, 15) is 23.3 Å². The molecule has 2 rings (SSSR count). The van der Waals surface area contributed by atoms with Gasteiger partial charge in [-0.25, -0.2) is 8.42 Å². The Balaban J connectivity index is 2.22. The number of benzene rings is 2. The Morgan fingerprint density at radius 3 is 2.20 bits per heavy atom. The van der Waals surface area contributed by atoms with Crippen molar-refractivity contribution in [2.45, 2.75) is 25.2 Å². The zero-order valence-corrected chi connectivity index (χ0v) is 14.7. The molecule has 0 spiro atoms. The number of carbonyl (C=O) groups is 1. The Morgan fingerprint density at radius 2 is 1.68 bits per heavy atom. The van der Waals surface area contributed by atoms with Crippen LogP contribution >= 0.6 is 0 Å². The Kier molecular flexibility index (Phi) is 5.53. The Morgan fingerprint density at radius 1 is 1.12 bits per heavy atom. The summed E-state index contributed by atoms with van der Waals surface area (Å²) in [5.74, 6) is -1.39. The van der Waals surface area contributed by atoms with Crippen molar-refractivity contribution in [2.24, 2.45) is 0 Å². The number of rotatable bonds is 6. The smallest absolute Gasteiger partial charge is 0.305 e. The van der Waals surface area contributed by atoms with Crippen molar-refractivity contribution >= 4 is 21.4 Å². The van der Waals surface area contributed by atoms with Gasteiger partial charge in [-0.3, -0.25) is 14.9 Å². The normalized spacial score (nSPS) is 11.1. The molecule has 0 heterocycles.